The Morgan fingerprint density at radius 3 is 2.78 bits per heavy atom. The minimum Gasteiger partial charge on any atom is -0.393 e. The number of nitrogens with zero attached hydrogens (tertiary/aromatic N) is 1. The molecule has 18 heavy (non-hydrogen) atoms. The van der Waals surface area contributed by atoms with Gasteiger partial charge < -0.3 is 5.73 Å². The van der Waals surface area contributed by atoms with Crippen LogP contribution in [0.3, 0.4) is 0 Å². The first-order chi connectivity index (χ1) is 8.70. The van der Waals surface area contributed by atoms with Crippen molar-refractivity contribution in [2.24, 2.45) is 11.7 Å². The summed E-state index contributed by atoms with van der Waals surface area (Å²) in [6, 6.07) is 12.3. The molecule has 0 bridgehead atoms. The first-order valence-electron chi connectivity index (χ1n) is 6.34. The van der Waals surface area contributed by atoms with Crippen molar-refractivity contribution in [2.75, 3.05) is 0 Å². The van der Waals surface area contributed by atoms with Crippen LogP contribution in [0.15, 0.2) is 36.4 Å². The minimum absolute atomic E-state index is 0.263. The summed E-state index contributed by atoms with van der Waals surface area (Å²) < 4.78 is 0. The molecule has 1 heterocycles. The Labute approximate surface area is 113 Å². The molecular formula is C15H18N2S. The zero-order valence-corrected chi connectivity index (χ0v) is 11.4. The molecule has 0 saturated carbocycles. The second-order valence-electron chi connectivity index (χ2n) is 4.59. The molecule has 2 N–H and O–H groups in total. The van der Waals surface area contributed by atoms with Crippen LogP contribution in [0.5, 0.6) is 0 Å². The number of nitrogens with two attached hydrogens (primary N) is 1. The molecule has 0 aliphatic carbocycles. The number of aromatic nitrogens is 1. The lowest BCUT2D eigenvalue weighted by Crippen LogP contribution is -2.23. The van der Waals surface area contributed by atoms with Crippen molar-refractivity contribution in [3.8, 4) is 0 Å². The molecule has 1 aromatic carbocycles. The van der Waals surface area contributed by atoms with Gasteiger partial charge in [0.1, 0.15) is 0 Å². The molecule has 1 atom stereocenters. The predicted molar refractivity (Wildman–Crippen MR) is 80.6 cm³/mol. The van der Waals surface area contributed by atoms with Gasteiger partial charge in [0.15, 0.2) is 0 Å². The van der Waals surface area contributed by atoms with E-state index in [2.05, 4.69) is 30.1 Å². The van der Waals surface area contributed by atoms with Crippen LogP contribution in [0.2, 0.25) is 0 Å². The second kappa shape index (κ2) is 5.91. The molecule has 2 nitrogen and oxygen atoms in total. The lowest BCUT2D eigenvalue weighted by molar-refractivity contribution is 0.606. The standard InChI is InChI=1S/C15H18N2S/c1-2-5-12(15(16)18)10-13-9-8-11-6-3-4-7-14(11)17-13/h3-4,6-9,12H,2,5,10H2,1H3,(H2,16,18). The van der Waals surface area contributed by atoms with Crippen molar-refractivity contribution in [1.82, 2.24) is 4.98 Å². The van der Waals surface area contributed by atoms with Crippen LogP contribution >= 0.6 is 12.2 Å². The summed E-state index contributed by atoms with van der Waals surface area (Å²) in [5, 5.41) is 1.17. The molecular weight excluding hydrogens is 240 g/mol. The van der Waals surface area contributed by atoms with Crippen LogP contribution < -0.4 is 5.73 Å². The van der Waals surface area contributed by atoms with E-state index in [1.54, 1.807) is 0 Å². The van der Waals surface area contributed by atoms with Gasteiger partial charge in [0.25, 0.3) is 0 Å². The van der Waals surface area contributed by atoms with Crippen LogP contribution in [0.4, 0.5) is 0 Å². The highest BCUT2D eigenvalue weighted by molar-refractivity contribution is 7.80. The SMILES string of the molecule is CCCC(Cc1ccc2ccccc2n1)C(N)=S. The Morgan fingerprint density at radius 1 is 1.28 bits per heavy atom. The average molecular weight is 258 g/mol. The fourth-order valence-electron chi connectivity index (χ4n) is 2.17. The number of para-hydroxylation sites is 1. The van der Waals surface area contributed by atoms with Gasteiger partial charge in [0.05, 0.1) is 10.5 Å². The fourth-order valence-corrected chi connectivity index (χ4v) is 2.37. The van der Waals surface area contributed by atoms with Gasteiger partial charge in [-0.05, 0) is 25.0 Å². The third kappa shape index (κ3) is 3.05. The van der Waals surface area contributed by atoms with Crippen LogP contribution in [0.1, 0.15) is 25.5 Å². The van der Waals surface area contributed by atoms with Gasteiger partial charge in [-0.25, -0.2) is 0 Å². The summed E-state index contributed by atoms with van der Waals surface area (Å²) >= 11 is 5.13. The normalized spacial score (nSPS) is 12.5. The largest absolute Gasteiger partial charge is 0.393 e. The Hall–Kier alpha value is -1.48. The molecule has 94 valence electrons. The van der Waals surface area contributed by atoms with Crippen molar-refractivity contribution in [3.05, 3.63) is 42.1 Å². The summed E-state index contributed by atoms with van der Waals surface area (Å²) in [4.78, 5) is 5.27. The van der Waals surface area contributed by atoms with E-state index in [0.29, 0.717) is 4.99 Å². The molecule has 3 heteroatoms. The zero-order valence-electron chi connectivity index (χ0n) is 10.6. The number of hydrogen-bond acceptors (Lipinski definition) is 2. The Bertz CT molecular complexity index is 551. The smallest absolute Gasteiger partial charge is 0.0762 e. The van der Waals surface area contributed by atoms with Crippen LogP contribution in [-0.4, -0.2) is 9.97 Å². The quantitative estimate of drug-likeness (QED) is 0.834. The van der Waals surface area contributed by atoms with Crippen LogP contribution in [0, 0.1) is 5.92 Å². The Balaban J connectivity index is 2.22. The monoisotopic (exact) mass is 258 g/mol. The van der Waals surface area contributed by atoms with Gasteiger partial charge >= 0.3 is 0 Å². The molecule has 2 aromatic rings. The van der Waals surface area contributed by atoms with Crippen molar-refractivity contribution in [3.63, 3.8) is 0 Å². The zero-order chi connectivity index (χ0) is 13.0. The molecule has 0 aliphatic heterocycles. The molecule has 1 aromatic heterocycles. The van der Waals surface area contributed by atoms with Crippen molar-refractivity contribution in [2.45, 2.75) is 26.2 Å². The van der Waals surface area contributed by atoms with E-state index in [1.807, 2.05) is 18.2 Å². The summed E-state index contributed by atoms with van der Waals surface area (Å²) in [7, 11) is 0. The van der Waals surface area contributed by atoms with Crippen molar-refractivity contribution >= 4 is 28.1 Å². The first kappa shape index (κ1) is 13.0. The second-order valence-corrected chi connectivity index (χ2v) is 5.06. The molecule has 0 radical (unpaired) electrons. The number of hydrogen-bond donors (Lipinski definition) is 1. The van der Waals surface area contributed by atoms with E-state index in [4.69, 9.17) is 18.0 Å². The maximum atomic E-state index is 5.79. The highest BCUT2D eigenvalue weighted by Crippen LogP contribution is 2.17. The van der Waals surface area contributed by atoms with E-state index in [9.17, 15) is 0 Å². The van der Waals surface area contributed by atoms with E-state index in [1.165, 1.54) is 5.39 Å². The third-order valence-corrected chi connectivity index (χ3v) is 3.48. The van der Waals surface area contributed by atoms with Crippen molar-refractivity contribution in [1.29, 1.82) is 0 Å². The third-order valence-electron chi connectivity index (χ3n) is 3.15. The maximum Gasteiger partial charge on any atom is 0.0762 e. The first-order valence-corrected chi connectivity index (χ1v) is 6.75. The number of rotatable bonds is 5. The molecule has 0 spiro atoms. The van der Waals surface area contributed by atoms with Crippen LogP contribution in [0.25, 0.3) is 10.9 Å². The highest BCUT2D eigenvalue weighted by atomic mass is 32.1. The molecule has 0 aliphatic rings. The van der Waals surface area contributed by atoms with Crippen molar-refractivity contribution < 1.29 is 0 Å². The van der Waals surface area contributed by atoms with Crippen LogP contribution in [-0.2, 0) is 6.42 Å². The number of fused-ring (bicyclic) bond motifs is 1. The molecule has 0 fully saturated rings. The molecule has 1 unspecified atom stereocenters. The van der Waals surface area contributed by atoms with Gasteiger partial charge in [0.2, 0.25) is 0 Å². The predicted octanol–water partition coefficient (Wildman–Crippen LogP) is 3.48. The average Bonchev–Trinajstić information content (AvgIpc) is 2.38. The van der Waals surface area contributed by atoms with E-state index >= 15 is 0 Å². The molecule has 2 rings (SSSR count). The highest BCUT2D eigenvalue weighted by Gasteiger charge is 2.12. The molecule has 0 amide bonds. The fraction of sp³-hybridized carbons (Fsp3) is 0.333. The number of thiocarbonyl (C=S) groups is 1. The summed E-state index contributed by atoms with van der Waals surface area (Å²) in [6.45, 7) is 2.15. The topological polar surface area (TPSA) is 38.9 Å². The summed E-state index contributed by atoms with van der Waals surface area (Å²) in [5.41, 5.74) is 7.89. The van der Waals surface area contributed by atoms with E-state index in [0.717, 1.165) is 30.5 Å². The van der Waals surface area contributed by atoms with Gasteiger partial charge in [-0.2, -0.15) is 0 Å². The van der Waals surface area contributed by atoms with Gasteiger partial charge in [-0.3, -0.25) is 4.98 Å². The Morgan fingerprint density at radius 2 is 2.06 bits per heavy atom. The lowest BCUT2D eigenvalue weighted by atomic mass is 9.97. The summed E-state index contributed by atoms with van der Waals surface area (Å²) in [6.07, 6.45) is 2.97. The summed E-state index contributed by atoms with van der Waals surface area (Å²) in [5.74, 6) is 0.263. The maximum absolute atomic E-state index is 5.79. The van der Waals surface area contributed by atoms with Gasteiger partial charge in [-0.1, -0.05) is 49.8 Å². The van der Waals surface area contributed by atoms with Gasteiger partial charge in [0, 0.05) is 17.0 Å². The van der Waals surface area contributed by atoms with E-state index < -0.39 is 0 Å². The minimum atomic E-state index is 0.263. The lowest BCUT2D eigenvalue weighted by Gasteiger charge is -2.14. The molecule has 0 saturated heterocycles. The number of pyridine rings is 1. The van der Waals surface area contributed by atoms with Gasteiger partial charge in [-0.15, -0.1) is 0 Å². The Kier molecular flexibility index (Phi) is 4.26. The van der Waals surface area contributed by atoms with E-state index in [-0.39, 0.29) is 5.92 Å². The number of benzene rings is 1.